The molecule has 0 aliphatic carbocycles. The minimum absolute atomic E-state index is 0.0232. The maximum atomic E-state index is 13.1. The van der Waals surface area contributed by atoms with Gasteiger partial charge in [-0.1, -0.05) is 11.6 Å². The molecule has 1 heterocycles. The highest BCUT2D eigenvalue weighted by Crippen LogP contribution is 2.25. The standard InChI is InChI=1S/C9H7ClFN3/c1-4-9(12)5-2-7(11)6(10)3-8(5)14-13-4/h2-3H,1H3,(H2,12,14). The van der Waals surface area contributed by atoms with E-state index < -0.39 is 5.82 Å². The Labute approximate surface area is 84.7 Å². The van der Waals surface area contributed by atoms with Crippen molar-refractivity contribution in [1.29, 1.82) is 0 Å². The molecule has 5 heteroatoms. The second kappa shape index (κ2) is 3.06. The van der Waals surface area contributed by atoms with Crippen LogP contribution >= 0.6 is 11.6 Å². The van der Waals surface area contributed by atoms with Crippen LogP contribution in [-0.4, -0.2) is 10.2 Å². The van der Waals surface area contributed by atoms with Crippen LogP contribution in [-0.2, 0) is 0 Å². The van der Waals surface area contributed by atoms with Gasteiger partial charge in [0.15, 0.2) is 0 Å². The second-order valence-electron chi connectivity index (χ2n) is 2.98. The average Bonchev–Trinajstić information content (AvgIpc) is 2.15. The number of rotatable bonds is 0. The van der Waals surface area contributed by atoms with Crippen molar-refractivity contribution in [3.63, 3.8) is 0 Å². The van der Waals surface area contributed by atoms with Crippen molar-refractivity contribution >= 4 is 28.2 Å². The molecule has 0 aliphatic rings. The number of hydrogen-bond acceptors (Lipinski definition) is 3. The van der Waals surface area contributed by atoms with Crippen molar-refractivity contribution in [3.8, 4) is 0 Å². The SMILES string of the molecule is Cc1nnc2cc(Cl)c(F)cc2c1N. The van der Waals surface area contributed by atoms with Crippen LogP contribution in [0.4, 0.5) is 10.1 Å². The van der Waals surface area contributed by atoms with Gasteiger partial charge in [-0.25, -0.2) is 4.39 Å². The number of halogens is 2. The molecule has 0 saturated carbocycles. The molecule has 0 aliphatic heterocycles. The molecule has 0 spiro atoms. The Bertz CT molecular complexity index is 513. The molecular weight excluding hydrogens is 205 g/mol. The molecule has 1 aromatic carbocycles. The monoisotopic (exact) mass is 211 g/mol. The van der Waals surface area contributed by atoms with Gasteiger partial charge in [-0.2, -0.15) is 10.2 Å². The first-order chi connectivity index (χ1) is 6.59. The van der Waals surface area contributed by atoms with Gasteiger partial charge >= 0.3 is 0 Å². The van der Waals surface area contributed by atoms with E-state index in [9.17, 15) is 4.39 Å². The molecule has 3 nitrogen and oxygen atoms in total. The van der Waals surface area contributed by atoms with Gasteiger partial charge in [-0.15, -0.1) is 0 Å². The maximum absolute atomic E-state index is 13.1. The smallest absolute Gasteiger partial charge is 0.142 e. The van der Waals surface area contributed by atoms with E-state index in [1.807, 2.05) is 0 Å². The molecule has 0 bridgehead atoms. The number of hydrogen-bond donors (Lipinski definition) is 1. The number of benzene rings is 1. The Morgan fingerprint density at radius 3 is 2.79 bits per heavy atom. The summed E-state index contributed by atoms with van der Waals surface area (Å²) in [4.78, 5) is 0. The molecule has 0 saturated heterocycles. The first-order valence-electron chi connectivity index (χ1n) is 3.97. The van der Waals surface area contributed by atoms with Crippen LogP contribution in [0.15, 0.2) is 12.1 Å². The highest BCUT2D eigenvalue weighted by Gasteiger charge is 2.08. The van der Waals surface area contributed by atoms with Crippen molar-refractivity contribution in [2.24, 2.45) is 0 Å². The highest BCUT2D eigenvalue weighted by atomic mass is 35.5. The van der Waals surface area contributed by atoms with Gasteiger partial charge in [0, 0.05) is 5.39 Å². The lowest BCUT2D eigenvalue weighted by Gasteiger charge is -2.04. The first-order valence-corrected chi connectivity index (χ1v) is 4.35. The zero-order valence-corrected chi connectivity index (χ0v) is 8.14. The predicted molar refractivity (Wildman–Crippen MR) is 53.7 cm³/mol. The molecular formula is C9H7ClFN3. The van der Waals surface area contributed by atoms with Crippen molar-refractivity contribution < 1.29 is 4.39 Å². The number of aryl methyl sites for hydroxylation is 1. The summed E-state index contributed by atoms with van der Waals surface area (Å²) < 4.78 is 13.1. The number of anilines is 1. The van der Waals surface area contributed by atoms with Crippen LogP contribution < -0.4 is 5.73 Å². The van der Waals surface area contributed by atoms with E-state index in [4.69, 9.17) is 17.3 Å². The van der Waals surface area contributed by atoms with E-state index in [-0.39, 0.29) is 5.02 Å². The predicted octanol–water partition coefficient (Wildman–Crippen LogP) is 2.31. The first kappa shape index (κ1) is 9.15. The normalized spacial score (nSPS) is 10.8. The number of nitrogens with zero attached hydrogens (tertiary/aromatic N) is 2. The maximum Gasteiger partial charge on any atom is 0.142 e. The lowest BCUT2D eigenvalue weighted by Crippen LogP contribution is -1.97. The van der Waals surface area contributed by atoms with E-state index in [0.717, 1.165) is 0 Å². The van der Waals surface area contributed by atoms with Gasteiger partial charge in [0.2, 0.25) is 0 Å². The number of fused-ring (bicyclic) bond motifs is 1. The number of nitrogens with two attached hydrogens (primary N) is 1. The molecule has 0 radical (unpaired) electrons. The fraction of sp³-hybridized carbons (Fsp3) is 0.111. The highest BCUT2D eigenvalue weighted by molar-refractivity contribution is 6.31. The third-order valence-electron chi connectivity index (χ3n) is 2.03. The summed E-state index contributed by atoms with van der Waals surface area (Å²) in [5.74, 6) is -0.502. The molecule has 1 aromatic heterocycles. The van der Waals surface area contributed by atoms with E-state index >= 15 is 0 Å². The molecule has 2 N–H and O–H groups in total. The molecule has 0 unspecified atom stereocenters. The van der Waals surface area contributed by atoms with Gasteiger partial charge < -0.3 is 5.73 Å². The second-order valence-corrected chi connectivity index (χ2v) is 3.39. The molecule has 0 atom stereocenters. The minimum atomic E-state index is -0.502. The average molecular weight is 212 g/mol. The van der Waals surface area contributed by atoms with Crippen LogP contribution in [0, 0.1) is 12.7 Å². The molecule has 2 rings (SSSR count). The van der Waals surface area contributed by atoms with E-state index in [0.29, 0.717) is 22.3 Å². The Morgan fingerprint density at radius 2 is 2.07 bits per heavy atom. The van der Waals surface area contributed by atoms with Crippen molar-refractivity contribution in [2.75, 3.05) is 5.73 Å². The Kier molecular flexibility index (Phi) is 2.00. The van der Waals surface area contributed by atoms with Crippen molar-refractivity contribution in [2.45, 2.75) is 6.92 Å². The molecule has 2 aromatic rings. The third-order valence-corrected chi connectivity index (χ3v) is 2.32. The molecule has 0 fully saturated rings. The van der Waals surface area contributed by atoms with E-state index in [1.165, 1.54) is 12.1 Å². The quantitative estimate of drug-likeness (QED) is 0.728. The Balaban J connectivity index is 2.89. The summed E-state index contributed by atoms with van der Waals surface area (Å²) in [6.07, 6.45) is 0. The molecule has 14 heavy (non-hydrogen) atoms. The van der Waals surface area contributed by atoms with E-state index in [1.54, 1.807) is 6.92 Å². The van der Waals surface area contributed by atoms with Crippen LogP contribution in [0.1, 0.15) is 5.69 Å². The summed E-state index contributed by atoms with van der Waals surface area (Å²) in [7, 11) is 0. The fourth-order valence-corrected chi connectivity index (χ4v) is 1.37. The zero-order chi connectivity index (χ0) is 10.3. The summed E-state index contributed by atoms with van der Waals surface area (Å²) in [5.41, 5.74) is 7.24. The zero-order valence-electron chi connectivity index (χ0n) is 7.38. The van der Waals surface area contributed by atoms with Crippen LogP contribution in [0.25, 0.3) is 10.9 Å². The van der Waals surface area contributed by atoms with Gasteiger partial charge in [0.05, 0.1) is 21.9 Å². The van der Waals surface area contributed by atoms with Crippen molar-refractivity contribution in [3.05, 3.63) is 28.7 Å². The van der Waals surface area contributed by atoms with Gasteiger partial charge in [-0.05, 0) is 19.1 Å². The van der Waals surface area contributed by atoms with Gasteiger partial charge in [-0.3, -0.25) is 0 Å². The topological polar surface area (TPSA) is 51.8 Å². The number of nitrogen functional groups attached to an aromatic ring is 1. The summed E-state index contributed by atoms with van der Waals surface area (Å²) in [6.45, 7) is 1.72. The lowest BCUT2D eigenvalue weighted by atomic mass is 10.2. The Hall–Kier alpha value is -1.42. The van der Waals surface area contributed by atoms with Crippen LogP contribution in [0.3, 0.4) is 0 Å². The Morgan fingerprint density at radius 1 is 1.36 bits per heavy atom. The largest absolute Gasteiger partial charge is 0.397 e. The molecule has 72 valence electrons. The van der Waals surface area contributed by atoms with Crippen molar-refractivity contribution in [1.82, 2.24) is 10.2 Å². The molecule has 0 amide bonds. The summed E-state index contributed by atoms with van der Waals surface area (Å²) in [6, 6.07) is 2.68. The van der Waals surface area contributed by atoms with Crippen LogP contribution in [0.2, 0.25) is 5.02 Å². The van der Waals surface area contributed by atoms with Gasteiger partial charge in [0.1, 0.15) is 5.82 Å². The summed E-state index contributed by atoms with van der Waals surface area (Å²) >= 11 is 5.60. The minimum Gasteiger partial charge on any atom is -0.397 e. The van der Waals surface area contributed by atoms with Crippen LogP contribution in [0.5, 0.6) is 0 Å². The van der Waals surface area contributed by atoms with E-state index in [2.05, 4.69) is 10.2 Å². The van der Waals surface area contributed by atoms with Gasteiger partial charge in [0.25, 0.3) is 0 Å². The fourth-order valence-electron chi connectivity index (χ4n) is 1.21. The lowest BCUT2D eigenvalue weighted by molar-refractivity contribution is 0.630. The summed E-state index contributed by atoms with van der Waals surface area (Å²) in [5, 5.41) is 8.25. The third kappa shape index (κ3) is 1.28. The number of aromatic nitrogens is 2.